The first-order chi connectivity index (χ1) is 8.36. The fourth-order valence-corrected chi connectivity index (χ4v) is 2.29. The van der Waals surface area contributed by atoms with Crippen LogP contribution in [-0.4, -0.2) is 22.4 Å². The van der Waals surface area contributed by atoms with Gasteiger partial charge in [-0.15, -0.1) is 0 Å². The molecule has 0 heterocycles. The molecule has 1 aromatic carbocycles. The zero-order valence-corrected chi connectivity index (χ0v) is 12.1. The number of benzene rings is 1. The zero-order valence-electron chi connectivity index (χ0n) is 10.5. The first-order valence-corrected chi connectivity index (χ1v) is 6.72. The molecule has 3 nitrogen and oxygen atoms in total. The van der Waals surface area contributed by atoms with E-state index in [0.717, 1.165) is 11.8 Å². The Balaban J connectivity index is 2.78. The lowest BCUT2D eigenvalue weighted by molar-refractivity contribution is -0.145. The maximum atomic E-state index is 12.0. The fraction of sp³-hybridized carbons (Fsp3) is 0.385. The Hall–Kier alpha value is -1.00. The lowest BCUT2D eigenvalue weighted by Crippen LogP contribution is -2.31. The average Bonchev–Trinajstić information content (AvgIpc) is 2.28. The van der Waals surface area contributed by atoms with Crippen molar-refractivity contribution in [3.63, 3.8) is 0 Å². The number of ether oxygens (including phenoxy) is 1. The molecule has 0 saturated carbocycles. The van der Waals surface area contributed by atoms with Crippen molar-refractivity contribution >= 4 is 34.4 Å². The number of halogens is 1. The molecule has 0 saturated heterocycles. The van der Waals surface area contributed by atoms with Gasteiger partial charge < -0.3 is 4.74 Å². The lowest BCUT2D eigenvalue weighted by Gasteiger charge is -2.20. The van der Waals surface area contributed by atoms with Crippen LogP contribution in [0.4, 0.5) is 0 Å². The number of carbonyl (C=O) groups is 2. The predicted octanol–water partition coefficient (Wildman–Crippen LogP) is 3.56. The van der Waals surface area contributed by atoms with Gasteiger partial charge in [0.05, 0.1) is 6.61 Å². The van der Waals surface area contributed by atoms with Gasteiger partial charge in [-0.2, -0.15) is 0 Å². The second kappa shape index (κ2) is 6.25. The molecule has 0 fully saturated rings. The van der Waals surface area contributed by atoms with Crippen molar-refractivity contribution in [3.8, 4) is 0 Å². The summed E-state index contributed by atoms with van der Waals surface area (Å²) in [6.07, 6.45) is 0. The number of hydrogen-bond acceptors (Lipinski definition) is 4. The molecular formula is C13H15ClO3S. The van der Waals surface area contributed by atoms with E-state index in [4.69, 9.17) is 16.3 Å². The highest BCUT2D eigenvalue weighted by Gasteiger charge is 2.33. The smallest absolute Gasteiger partial charge is 0.322 e. The Kier molecular flexibility index (Phi) is 5.23. The van der Waals surface area contributed by atoms with Crippen LogP contribution in [0.1, 0.15) is 31.1 Å². The quantitative estimate of drug-likeness (QED) is 0.794. The van der Waals surface area contributed by atoms with E-state index in [1.807, 2.05) is 0 Å². The van der Waals surface area contributed by atoms with E-state index >= 15 is 0 Å². The minimum absolute atomic E-state index is 0.199. The van der Waals surface area contributed by atoms with Gasteiger partial charge in [0.1, 0.15) is 4.75 Å². The van der Waals surface area contributed by atoms with Gasteiger partial charge in [-0.1, -0.05) is 35.5 Å². The number of rotatable bonds is 4. The molecule has 0 radical (unpaired) electrons. The molecular weight excluding hydrogens is 272 g/mol. The Morgan fingerprint density at radius 1 is 1.39 bits per heavy atom. The van der Waals surface area contributed by atoms with Gasteiger partial charge in [0.15, 0.2) is 0 Å². The van der Waals surface area contributed by atoms with Gasteiger partial charge in [-0.3, -0.25) is 9.59 Å². The van der Waals surface area contributed by atoms with Crippen LogP contribution in [0.15, 0.2) is 24.3 Å². The van der Waals surface area contributed by atoms with Crippen molar-refractivity contribution in [2.45, 2.75) is 25.5 Å². The van der Waals surface area contributed by atoms with E-state index < -0.39 is 10.7 Å². The van der Waals surface area contributed by atoms with Gasteiger partial charge in [0.2, 0.25) is 5.12 Å². The topological polar surface area (TPSA) is 43.4 Å². The molecule has 0 amide bonds. The molecule has 0 aliphatic heterocycles. The molecule has 1 aromatic rings. The number of esters is 1. The fourth-order valence-electron chi connectivity index (χ4n) is 1.25. The molecule has 0 aliphatic carbocycles. The second-order valence-electron chi connectivity index (χ2n) is 4.13. The van der Waals surface area contributed by atoms with Gasteiger partial charge in [0.25, 0.3) is 0 Å². The van der Waals surface area contributed by atoms with Gasteiger partial charge in [-0.05, 0) is 32.9 Å². The molecule has 18 heavy (non-hydrogen) atoms. The molecule has 0 N–H and O–H groups in total. The molecule has 0 aromatic heterocycles. The molecule has 1 rings (SSSR count). The van der Waals surface area contributed by atoms with Crippen LogP contribution in [0.3, 0.4) is 0 Å². The summed E-state index contributed by atoms with van der Waals surface area (Å²) in [5, 5.41) is 0.297. The molecule has 0 unspecified atom stereocenters. The highest BCUT2D eigenvalue weighted by molar-refractivity contribution is 8.15. The Bertz CT molecular complexity index is 457. The summed E-state index contributed by atoms with van der Waals surface area (Å²) in [6, 6.07) is 6.65. The molecule has 0 spiro atoms. The van der Waals surface area contributed by atoms with Crippen LogP contribution in [0, 0.1) is 0 Å². The average molecular weight is 287 g/mol. The summed E-state index contributed by atoms with van der Waals surface area (Å²) in [5.41, 5.74) is 0.477. The van der Waals surface area contributed by atoms with Crippen LogP contribution >= 0.6 is 23.4 Å². The van der Waals surface area contributed by atoms with E-state index in [9.17, 15) is 9.59 Å². The van der Waals surface area contributed by atoms with Crippen LogP contribution in [-0.2, 0) is 9.53 Å². The van der Waals surface area contributed by atoms with Crippen LogP contribution in [0.25, 0.3) is 0 Å². The summed E-state index contributed by atoms with van der Waals surface area (Å²) in [6.45, 7) is 5.36. The third-order valence-electron chi connectivity index (χ3n) is 2.18. The van der Waals surface area contributed by atoms with Crippen molar-refractivity contribution in [1.29, 1.82) is 0 Å². The predicted molar refractivity (Wildman–Crippen MR) is 74.1 cm³/mol. The number of carbonyl (C=O) groups excluding carboxylic acids is 2. The molecule has 0 atom stereocenters. The SMILES string of the molecule is CCOC(=O)C(C)(C)SC(=O)c1cccc(Cl)c1. The normalized spacial score (nSPS) is 11.1. The summed E-state index contributed by atoms with van der Waals surface area (Å²) < 4.78 is 4.02. The highest BCUT2D eigenvalue weighted by atomic mass is 35.5. The molecule has 98 valence electrons. The summed E-state index contributed by atoms with van der Waals surface area (Å²) >= 11 is 6.76. The summed E-state index contributed by atoms with van der Waals surface area (Å²) in [4.78, 5) is 23.7. The third kappa shape index (κ3) is 4.03. The van der Waals surface area contributed by atoms with E-state index in [0.29, 0.717) is 17.2 Å². The summed E-state index contributed by atoms with van der Waals surface area (Å²) in [5.74, 6) is -0.398. The lowest BCUT2D eigenvalue weighted by atomic mass is 10.2. The van der Waals surface area contributed by atoms with E-state index in [1.165, 1.54) is 0 Å². The van der Waals surface area contributed by atoms with Crippen molar-refractivity contribution < 1.29 is 14.3 Å². The number of thioether (sulfide) groups is 1. The van der Waals surface area contributed by atoms with Gasteiger partial charge >= 0.3 is 5.97 Å². The van der Waals surface area contributed by atoms with Crippen molar-refractivity contribution in [2.24, 2.45) is 0 Å². The molecule has 5 heteroatoms. The Labute approximate surface area is 116 Å². The minimum Gasteiger partial charge on any atom is -0.465 e. The van der Waals surface area contributed by atoms with Crippen LogP contribution in [0.5, 0.6) is 0 Å². The van der Waals surface area contributed by atoms with Crippen LogP contribution < -0.4 is 0 Å². The Morgan fingerprint density at radius 2 is 2.06 bits per heavy atom. The van der Waals surface area contributed by atoms with E-state index in [-0.39, 0.29) is 5.12 Å². The standard InChI is InChI=1S/C13H15ClO3S/c1-4-17-12(16)13(2,3)18-11(15)9-6-5-7-10(14)8-9/h5-8H,4H2,1-3H3. The van der Waals surface area contributed by atoms with Gasteiger partial charge in [-0.25, -0.2) is 0 Å². The van der Waals surface area contributed by atoms with Gasteiger partial charge in [0, 0.05) is 10.6 Å². The summed E-state index contributed by atoms with van der Waals surface area (Å²) in [7, 11) is 0. The Morgan fingerprint density at radius 3 is 2.61 bits per heavy atom. The maximum Gasteiger partial charge on any atom is 0.322 e. The van der Waals surface area contributed by atoms with E-state index in [1.54, 1.807) is 45.0 Å². The monoisotopic (exact) mass is 286 g/mol. The maximum absolute atomic E-state index is 12.0. The van der Waals surface area contributed by atoms with Crippen molar-refractivity contribution in [2.75, 3.05) is 6.61 Å². The van der Waals surface area contributed by atoms with Crippen LogP contribution in [0.2, 0.25) is 5.02 Å². The number of hydrogen-bond donors (Lipinski definition) is 0. The largest absolute Gasteiger partial charge is 0.465 e. The highest BCUT2D eigenvalue weighted by Crippen LogP contribution is 2.30. The second-order valence-corrected chi connectivity index (χ2v) is 6.16. The first-order valence-electron chi connectivity index (χ1n) is 5.53. The molecule has 0 aliphatic rings. The van der Waals surface area contributed by atoms with Crippen molar-refractivity contribution in [3.05, 3.63) is 34.9 Å². The zero-order chi connectivity index (χ0) is 13.8. The third-order valence-corrected chi connectivity index (χ3v) is 3.51. The van der Waals surface area contributed by atoms with E-state index in [2.05, 4.69) is 0 Å². The van der Waals surface area contributed by atoms with Crippen molar-refractivity contribution in [1.82, 2.24) is 0 Å². The minimum atomic E-state index is -0.907. The molecule has 0 bridgehead atoms. The first kappa shape index (κ1) is 15.1.